The molecule has 0 unspecified atom stereocenters. The highest BCUT2D eigenvalue weighted by Gasteiger charge is 2.37. The minimum Gasteiger partial charge on any atom is -0.396 e. The summed E-state index contributed by atoms with van der Waals surface area (Å²) in [4.78, 5) is 4.06. The zero-order valence-electron chi connectivity index (χ0n) is 10.7. The first-order valence-corrected chi connectivity index (χ1v) is 6.35. The molecule has 0 aliphatic carbocycles. The lowest BCUT2D eigenvalue weighted by Gasteiger charge is -2.27. The van der Waals surface area contributed by atoms with Crippen molar-refractivity contribution < 1.29 is 23.3 Å². The maximum Gasteiger partial charge on any atom is 0.453 e. The van der Waals surface area contributed by atoms with E-state index in [1.165, 1.54) is 6.07 Å². The van der Waals surface area contributed by atoms with Crippen LogP contribution in [0.1, 0.15) is 24.1 Å². The first kappa shape index (κ1) is 14.6. The van der Waals surface area contributed by atoms with Crippen molar-refractivity contribution in [3.8, 4) is 6.07 Å². The highest BCUT2D eigenvalue weighted by molar-refractivity contribution is 5.50. The fourth-order valence-electron chi connectivity index (χ4n) is 2.33. The normalized spacial score (nSPS) is 17.1. The van der Waals surface area contributed by atoms with Crippen LogP contribution in [0.2, 0.25) is 0 Å². The van der Waals surface area contributed by atoms with E-state index in [1.807, 2.05) is 6.07 Å². The molecule has 0 bridgehead atoms. The number of anilines is 1. The number of hydrogen-bond acceptors (Lipinski definition) is 3. The molecule has 0 saturated carbocycles. The first-order valence-electron chi connectivity index (χ1n) is 6.35. The van der Waals surface area contributed by atoms with Crippen LogP contribution in [0.25, 0.3) is 0 Å². The van der Waals surface area contributed by atoms with E-state index in [0.29, 0.717) is 25.9 Å². The predicted octanol–water partition coefficient (Wildman–Crippen LogP) is 1.60. The Labute approximate surface area is 114 Å². The lowest BCUT2D eigenvalue weighted by atomic mass is 9.97. The molecule has 1 saturated heterocycles. The van der Waals surface area contributed by atoms with Crippen LogP contribution in [0.4, 0.5) is 19.0 Å². The molecule has 0 atom stereocenters. The molecule has 0 radical (unpaired) electrons. The van der Waals surface area contributed by atoms with Gasteiger partial charge in [0.15, 0.2) is 0 Å². The summed E-state index contributed by atoms with van der Waals surface area (Å²) in [5.41, 5.74) is -0.670. The van der Waals surface area contributed by atoms with E-state index in [4.69, 9.17) is 10.4 Å². The molecule has 20 heavy (non-hydrogen) atoms. The number of hydrogen-bond donors (Lipinski definition) is 1. The molecule has 2 N–H and O–H groups in total. The summed E-state index contributed by atoms with van der Waals surface area (Å²) in [6.45, 7) is 1.14. The standard InChI is InChI=1S/C13H14F3N3O/c14-13(15,16)11-2-1-10(7-17)12(18-11)19-5-3-9(8-20)4-6-19/h1-2,9,20H,3-6,8H2/p+1. The van der Waals surface area contributed by atoms with Gasteiger partial charge < -0.3 is 5.11 Å². The van der Waals surface area contributed by atoms with E-state index in [9.17, 15) is 13.2 Å². The first-order chi connectivity index (χ1) is 9.45. The van der Waals surface area contributed by atoms with Gasteiger partial charge >= 0.3 is 6.18 Å². The lowest BCUT2D eigenvalue weighted by molar-refractivity contribution is -0.414. The predicted molar refractivity (Wildman–Crippen MR) is 64.7 cm³/mol. The van der Waals surface area contributed by atoms with Crippen LogP contribution >= 0.6 is 0 Å². The number of rotatable bonds is 2. The van der Waals surface area contributed by atoms with Gasteiger partial charge in [0.2, 0.25) is 5.69 Å². The Morgan fingerprint density at radius 2 is 2.00 bits per heavy atom. The summed E-state index contributed by atoms with van der Waals surface area (Å²) >= 11 is 0. The number of pyridine rings is 1. The van der Waals surface area contributed by atoms with E-state index in [0.717, 1.165) is 6.07 Å². The fraction of sp³-hybridized carbons (Fsp3) is 0.538. The second kappa shape index (κ2) is 5.67. The zero-order chi connectivity index (χ0) is 14.8. The van der Waals surface area contributed by atoms with Gasteiger partial charge in [-0.25, -0.2) is 4.98 Å². The minimum atomic E-state index is -4.47. The van der Waals surface area contributed by atoms with Gasteiger partial charge in [0, 0.05) is 6.61 Å². The molecule has 2 heterocycles. The summed E-state index contributed by atoms with van der Waals surface area (Å²) in [6, 6.07) is 3.97. The van der Waals surface area contributed by atoms with Crippen molar-refractivity contribution in [3.63, 3.8) is 0 Å². The minimum absolute atomic E-state index is 0.0885. The number of aromatic amines is 1. The van der Waals surface area contributed by atoms with Gasteiger partial charge in [-0.3, -0.25) is 4.90 Å². The van der Waals surface area contributed by atoms with Crippen LogP contribution in [0.3, 0.4) is 0 Å². The Bertz CT molecular complexity index is 517. The van der Waals surface area contributed by atoms with Gasteiger partial charge in [-0.05, 0) is 30.9 Å². The Balaban J connectivity index is 2.28. The van der Waals surface area contributed by atoms with Crippen molar-refractivity contribution in [3.05, 3.63) is 23.4 Å². The van der Waals surface area contributed by atoms with Gasteiger partial charge in [-0.15, -0.1) is 0 Å². The Kier molecular flexibility index (Phi) is 4.14. The van der Waals surface area contributed by atoms with Crippen molar-refractivity contribution in [1.82, 2.24) is 0 Å². The number of H-pyrrole nitrogens is 1. The number of aliphatic hydroxyl groups is 1. The molecule has 0 spiro atoms. The molecule has 1 aliphatic heterocycles. The van der Waals surface area contributed by atoms with Crippen molar-refractivity contribution in [2.45, 2.75) is 19.0 Å². The van der Waals surface area contributed by atoms with Gasteiger partial charge in [0.05, 0.1) is 13.1 Å². The van der Waals surface area contributed by atoms with Gasteiger partial charge in [-0.1, -0.05) is 0 Å². The summed E-state index contributed by atoms with van der Waals surface area (Å²) < 4.78 is 38.2. The maximum atomic E-state index is 12.7. The average Bonchev–Trinajstić information content (AvgIpc) is 2.45. The third-order valence-corrected chi connectivity index (χ3v) is 3.54. The van der Waals surface area contributed by atoms with E-state index < -0.39 is 11.9 Å². The smallest absolute Gasteiger partial charge is 0.396 e. The Morgan fingerprint density at radius 1 is 1.35 bits per heavy atom. The Hall–Kier alpha value is -1.81. The van der Waals surface area contributed by atoms with Crippen molar-refractivity contribution in [1.29, 1.82) is 5.26 Å². The maximum absolute atomic E-state index is 12.7. The van der Waals surface area contributed by atoms with E-state index in [-0.39, 0.29) is 23.9 Å². The number of alkyl halides is 3. The summed E-state index contributed by atoms with van der Waals surface area (Å²) in [5.74, 6) is 0.390. The molecule has 2 rings (SSSR count). The molecule has 1 fully saturated rings. The van der Waals surface area contributed by atoms with Crippen LogP contribution in [0.15, 0.2) is 12.1 Å². The monoisotopic (exact) mass is 286 g/mol. The SMILES string of the molecule is N#Cc1ccc(C(F)(F)F)[nH+]c1N1CCC(CO)CC1. The van der Waals surface area contributed by atoms with Crippen LogP contribution in [0, 0.1) is 17.2 Å². The number of piperidine rings is 1. The molecule has 1 aromatic rings. The summed E-state index contributed by atoms with van der Waals surface area (Å²) in [6.07, 6.45) is -3.07. The molecule has 0 aromatic carbocycles. The van der Waals surface area contributed by atoms with Gasteiger partial charge in [0.25, 0.3) is 5.82 Å². The Morgan fingerprint density at radius 3 is 2.50 bits per heavy atom. The number of nitriles is 1. The van der Waals surface area contributed by atoms with E-state index >= 15 is 0 Å². The molecule has 7 heteroatoms. The zero-order valence-corrected chi connectivity index (χ0v) is 10.7. The fourth-order valence-corrected chi connectivity index (χ4v) is 2.33. The van der Waals surface area contributed by atoms with E-state index in [1.54, 1.807) is 4.90 Å². The third kappa shape index (κ3) is 3.02. The van der Waals surface area contributed by atoms with Crippen molar-refractivity contribution in [2.24, 2.45) is 5.92 Å². The number of nitrogens with one attached hydrogen (secondary N) is 1. The lowest BCUT2D eigenvalue weighted by Crippen LogP contribution is -2.40. The number of nitrogens with zero attached hydrogens (tertiary/aromatic N) is 2. The van der Waals surface area contributed by atoms with Crippen LogP contribution in [-0.4, -0.2) is 24.8 Å². The quantitative estimate of drug-likeness (QED) is 0.898. The molecule has 4 nitrogen and oxygen atoms in total. The second-order valence-electron chi connectivity index (χ2n) is 4.86. The highest BCUT2D eigenvalue weighted by atomic mass is 19.4. The number of aromatic nitrogens is 1. The second-order valence-corrected chi connectivity index (χ2v) is 4.86. The van der Waals surface area contributed by atoms with Crippen LogP contribution in [0.5, 0.6) is 0 Å². The van der Waals surface area contributed by atoms with E-state index in [2.05, 4.69) is 4.98 Å². The van der Waals surface area contributed by atoms with Gasteiger partial charge in [-0.2, -0.15) is 18.4 Å². The molecule has 1 aromatic heterocycles. The molecule has 1 aliphatic rings. The molecular weight excluding hydrogens is 271 g/mol. The molecule has 108 valence electrons. The van der Waals surface area contributed by atoms with Crippen LogP contribution < -0.4 is 9.88 Å². The van der Waals surface area contributed by atoms with Gasteiger partial charge in [0.1, 0.15) is 11.6 Å². The largest absolute Gasteiger partial charge is 0.453 e. The third-order valence-electron chi connectivity index (χ3n) is 3.54. The number of aliphatic hydroxyl groups excluding tert-OH is 1. The summed E-state index contributed by atoms with van der Waals surface area (Å²) in [5, 5.41) is 18.1. The van der Waals surface area contributed by atoms with Crippen molar-refractivity contribution >= 4 is 5.82 Å². The molecular formula is C13H15F3N3O+. The average molecular weight is 286 g/mol. The highest BCUT2D eigenvalue weighted by Crippen LogP contribution is 2.28. The summed E-state index contributed by atoms with van der Waals surface area (Å²) in [7, 11) is 0. The topological polar surface area (TPSA) is 61.4 Å². The van der Waals surface area contributed by atoms with Crippen LogP contribution in [-0.2, 0) is 6.18 Å². The number of halogens is 3. The molecule has 0 amide bonds. The van der Waals surface area contributed by atoms with Crippen molar-refractivity contribution in [2.75, 3.05) is 24.6 Å².